The van der Waals surface area contributed by atoms with Crippen LogP contribution in [0.4, 0.5) is 0 Å². The maximum atomic E-state index is 13.0. The number of carbonyl (C=O) groups excluding carboxylic acids is 1. The Kier molecular flexibility index (Phi) is 4.01. The molecule has 2 saturated carbocycles. The highest BCUT2D eigenvalue weighted by Crippen LogP contribution is 2.47. The Labute approximate surface area is 132 Å². The van der Waals surface area contributed by atoms with Crippen molar-refractivity contribution in [2.75, 3.05) is 26.3 Å². The van der Waals surface area contributed by atoms with Gasteiger partial charge in [-0.1, -0.05) is 36.8 Å². The minimum absolute atomic E-state index is 0.262. The third kappa shape index (κ3) is 2.50. The van der Waals surface area contributed by atoms with Crippen molar-refractivity contribution in [3.8, 4) is 0 Å². The standard InChI is InChI=1S/C19H25NO2/c21-19-15-7-4-8-16(19)18(20-9-11-22-12-10-20)13-17(15)14-5-2-1-3-6-14/h1-3,5-6,15-18H,4,7-13H2/t15-,16+,17-,18-/m0/s1. The third-order valence-corrected chi connectivity index (χ3v) is 5.95. The lowest BCUT2D eigenvalue weighted by Gasteiger charge is -2.48. The van der Waals surface area contributed by atoms with E-state index < -0.39 is 0 Å². The SMILES string of the molecule is O=C1[C@H]2CCC[C@@H]1[C@@H](N1CCOCC1)C[C@H]2c1ccccc1. The molecule has 3 aliphatic rings. The van der Waals surface area contributed by atoms with Crippen molar-refractivity contribution in [2.24, 2.45) is 11.8 Å². The molecule has 2 aliphatic carbocycles. The summed E-state index contributed by atoms with van der Waals surface area (Å²) in [7, 11) is 0. The second-order valence-corrected chi connectivity index (χ2v) is 7.01. The number of ether oxygens (including phenoxy) is 1. The summed E-state index contributed by atoms with van der Waals surface area (Å²) in [5.74, 6) is 1.50. The summed E-state index contributed by atoms with van der Waals surface area (Å²) in [5, 5.41) is 0. The first kappa shape index (κ1) is 14.4. The molecule has 1 aliphatic heterocycles. The van der Waals surface area contributed by atoms with Crippen LogP contribution in [0.3, 0.4) is 0 Å². The second kappa shape index (κ2) is 6.13. The van der Waals surface area contributed by atoms with Gasteiger partial charge in [0, 0.05) is 31.0 Å². The molecule has 3 fully saturated rings. The first-order chi connectivity index (χ1) is 10.8. The van der Waals surface area contributed by atoms with Gasteiger partial charge in [-0.25, -0.2) is 0 Å². The van der Waals surface area contributed by atoms with Crippen molar-refractivity contribution in [2.45, 2.75) is 37.6 Å². The van der Waals surface area contributed by atoms with E-state index in [-0.39, 0.29) is 11.8 Å². The lowest BCUT2D eigenvalue weighted by molar-refractivity contribution is -0.138. The van der Waals surface area contributed by atoms with Crippen molar-refractivity contribution in [1.29, 1.82) is 0 Å². The smallest absolute Gasteiger partial charge is 0.141 e. The number of morpholine rings is 1. The van der Waals surface area contributed by atoms with E-state index in [1.807, 2.05) is 0 Å². The molecule has 0 amide bonds. The first-order valence-corrected chi connectivity index (χ1v) is 8.75. The van der Waals surface area contributed by atoms with E-state index in [1.54, 1.807) is 0 Å². The number of nitrogens with zero attached hydrogens (tertiary/aromatic N) is 1. The van der Waals surface area contributed by atoms with Crippen molar-refractivity contribution in [3.05, 3.63) is 35.9 Å². The van der Waals surface area contributed by atoms with Crippen LogP contribution in [0.5, 0.6) is 0 Å². The highest BCUT2D eigenvalue weighted by Gasteiger charge is 2.47. The number of benzene rings is 1. The molecule has 1 heterocycles. The van der Waals surface area contributed by atoms with Crippen LogP contribution in [-0.2, 0) is 9.53 Å². The Bertz CT molecular complexity index is 523. The van der Waals surface area contributed by atoms with Gasteiger partial charge in [-0.05, 0) is 30.7 Å². The van der Waals surface area contributed by atoms with E-state index in [4.69, 9.17) is 4.74 Å². The molecule has 0 N–H and O–H groups in total. The molecule has 0 unspecified atom stereocenters. The Morgan fingerprint density at radius 3 is 2.45 bits per heavy atom. The molecule has 4 rings (SSSR count). The molecule has 2 bridgehead atoms. The van der Waals surface area contributed by atoms with E-state index >= 15 is 0 Å². The van der Waals surface area contributed by atoms with Crippen molar-refractivity contribution in [3.63, 3.8) is 0 Å². The van der Waals surface area contributed by atoms with Gasteiger partial charge < -0.3 is 4.74 Å². The average molecular weight is 299 g/mol. The Morgan fingerprint density at radius 2 is 1.68 bits per heavy atom. The summed E-state index contributed by atoms with van der Waals surface area (Å²) in [6.45, 7) is 3.61. The number of rotatable bonds is 2. The maximum Gasteiger partial charge on any atom is 0.141 e. The highest BCUT2D eigenvalue weighted by atomic mass is 16.5. The van der Waals surface area contributed by atoms with Gasteiger partial charge in [-0.15, -0.1) is 0 Å². The zero-order valence-electron chi connectivity index (χ0n) is 13.1. The fourth-order valence-corrected chi connectivity index (χ4v) is 4.87. The summed E-state index contributed by atoms with van der Waals surface area (Å²) in [5.41, 5.74) is 1.36. The monoisotopic (exact) mass is 299 g/mol. The van der Waals surface area contributed by atoms with Crippen LogP contribution < -0.4 is 0 Å². The van der Waals surface area contributed by atoms with Crippen LogP contribution >= 0.6 is 0 Å². The van der Waals surface area contributed by atoms with E-state index in [9.17, 15) is 4.79 Å². The average Bonchev–Trinajstić information content (AvgIpc) is 2.57. The molecular weight excluding hydrogens is 274 g/mol. The molecular formula is C19H25NO2. The van der Waals surface area contributed by atoms with Gasteiger partial charge in [0.05, 0.1) is 13.2 Å². The molecule has 1 saturated heterocycles. The summed E-state index contributed by atoms with van der Waals surface area (Å²) in [6.07, 6.45) is 4.54. The van der Waals surface area contributed by atoms with E-state index in [0.717, 1.165) is 45.6 Å². The summed E-state index contributed by atoms with van der Waals surface area (Å²) >= 11 is 0. The fraction of sp³-hybridized carbons (Fsp3) is 0.632. The van der Waals surface area contributed by atoms with E-state index in [0.29, 0.717) is 17.7 Å². The van der Waals surface area contributed by atoms with Gasteiger partial charge in [0.1, 0.15) is 5.78 Å². The summed E-state index contributed by atoms with van der Waals surface area (Å²) in [4.78, 5) is 15.5. The molecule has 0 aromatic heterocycles. The number of carbonyl (C=O) groups is 1. The minimum Gasteiger partial charge on any atom is -0.379 e. The second-order valence-electron chi connectivity index (χ2n) is 7.01. The molecule has 4 atom stereocenters. The van der Waals surface area contributed by atoms with Crippen LogP contribution in [0.15, 0.2) is 30.3 Å². The number of ketones is 1. The molecule has 3 nitrogen and oxygen atoms in total. The van der Waals surface area contributed by atoms with Crippen LogP contribution in [0, 0.1) is 11.8 Å². The van der Waals surface area contributed by atoms with Gasteiger partial charge in [0.15, 0.2) is 0 Å². The minimum atomic E-state index is 0.262. The third-order valence-electron chi connectivity index (χ3n) is 5.95. The lowest BCUT2D eigenvalue weighted by Crippen LogP contribution is -2.55. The highest BCUT2D eigenvalue weighted by molar-refractivity contribution is 5.86. The molecule has 0 radical (unpaired) electrons. The van der Waals surface area contributed by atoms with Gasteiger partial charge in [0.25, 0.3) is 0 Å². The number of Topliss-reactive ketones (excluding diaryl/α,β-unsaturated/α-hetero) is 1. The molecule has 1 aromatic rings. The first-order valence-electron chi connectivity index (χ1n) is 8.75. The fourth-order valence-electron chi connectivity index (χ4n) is 4.87. The number of hydrogen-bond acceptors (Lipinski definition) is 3. The predicted octanol–water partition coefficient (Wildman–Crippen LogP) is 2.86. The topological polar surface area (TPSA) is 29.5 Å². The van der Waals surface area contributed by atoms with Crippen molar-refractivity contribution in [1.82, 2.24) is 4.90 Å². The van der Waals surface area contributed by atoms with Crippen molar-refractivity contribution >= 4 is 5.78 Å². The largest absolute Gasteiger partial charge is 0.379 e. The predicted molar refractivity (Wildman–Crippen MR) is 85.8 cm³/mol. The Hall–Kier alpha value is -1.19. The Morgan fingerprint density at radius 1 is 0.955 bits per heavy atom. The van der Waals surface area contributed by atoms with Crippen molar-refractivity contribution < 1.29 is 9.53 Å². The normalized spacial score (nSPS) is 36.3. The molecule has 0 spiro atoms. The van der Waals surface area contributed by atoms with Crippen LogP contribution in [-0.4, -0.2) is 43.0 Å². The number of fused-ring (bicyclic) bond motifs is 2. The van der Waals surface area contributed by atoms with Crippen LogP contribution in [0.2, 0.25) is 0 Å². The maximum absolute atomic E-state index is 13.0. The summed E-state index contributed by atoms with van der Waals surface area (Å²) < 4.78 is 5.51. The molecule has 22 heavy (non-hydrogen) atoms. The van der Waals surface area contributed by atoms with Gasteiger partial charge >= 0.3 is 0 Å². The lowest BCUT2D eigenvalue weighted by atomic mass is 9.61. The quantitative estimate of drug-likeness (QED) is 0.841. The van der Waals surface area contributed by atoms with E-state index in [2.05, 4.69) is 35.2 Å². The molecule has 3 heteroatoms. The van der Waals surface area contributed by atoms with Crippen LogP contribution in [0.1, 0.15) is 37.2 Å². The zero-order chi connectivity index (χ0) is 14.9. The van der Waals surface area contributed by atoms with Crippen LogP contribution in [0.25, 0.3) is 0 Å². The van der Waals surface area contributed by atoms with Gasteiger partial charge in [-0.2, -0.15) is 0 Å². The van der Waals surface area contributed by atoms with E-state index in [1.165, 1.54) is 12.0 Å². The Balaban J connectivity index is 1.63. The summed E-state index contributed by atoms with van der Waals surface area (Å²) in [6, 6.07) is 11.1. The molecule has 1 aromatic carbocycles. The molecule has 118 valence electrons. The number of hydrogen-bond donors (Lipinski definition) is 0. The van der Waals surface area contributed by atoms with Gasteiger partial charge in [-0.3, -0.25) is 9.69 Å². The van der Waals surface area contributed by atoms with Gasteiger partial charge in [0.2, 0.25) is 0 Å². The zero-order valence-corrected chi connectivity index (χ0v) is 13.1.